The van der Waals surface area contributed by atoms with Gasteiger partial charge in [0.15, 0.2) is 0 Å². The normalized spacial score (nSPS) is 11.9. The van der Waals surface area contributed by atoms with Gasteiger partial charge in [-0.1, -0.05) is 68.3 Å². The van der Waals surface area contributed by atoms with E-state index in [4.69, 9.17) is 4.74 Å². The Bertz CT molecular complexity index is 1360. The molecule has 8 nitrogen and oxygen atoms in total. The summed E-state index contributed by atoms with van der Waals surface area (Å²) in [5.74, 6) is -0.166. The molecule has 2 amide bonds. The lowest BCUT2D eigenvalue weighted by molar-refractivity contribution is -0.140. The Hall–Kier alpha value is -3.85. The zero-order valence-electron chi connectivity index (χ0n) is 24.4. The van der Waals surface area contributed by atoms with E-state index in [9.17, 15) is 18.0 Å². The van der Waals surface area contributed by atoms with Crippen LogP contribution in [0, 0.1) is 6.92 Å². The number of unbranched alkanes of at least 4 members (excludes halogenated alkanes) is 1. The molecule has 3 rings (SSSR count). The number of nitrogens with one attached hydrogen (secondary N) is 1. The van der Waals surface area contributed by atoms with Gasteiger partial charge in [0, 0.05) is 13.1 Å². The van der Waals surface area contributed by atoms with Crippen LogP contribution in [0.25, 0.3) is 0 Å². The Balaban J connectivity index is 2.00. The van der Waals surface area contributed by atoms with Crippen LogP contribution in [0.3, 0.4) is 0 Å². The maximum absolute atomic E-state index is 14.1. The number of aryl methyl sites for hydroxylation is 1. The Morgan fingerprint density at radius 3 is 2.15 bits per heavy atom. The molecular formula is C32H41N3O5S. The molecule has 1 N–H and O–H groups in total. The first-order valence-corrected chi connectivity index (χ1v) is 15.6. The number of hydrogen-bond acceptors (Lipinski definition) is 5. The number of sulfonamides is 1. The van der Waals surface area contributed by atoms with E-state index in [0.717, 1.165) is 28.3 Å². The van der Waals surface area contributed by atoms with Crippen LogP contribution < -0.4 is 14.4 Å². The molecule has 0 saturated carbocycles. The van der Waals surface area contributed by atoms with E-state index in [1.54, 1.807) is 36.4 Å². The summed E-state index contributed by atoms with van der Waals surface area (Å²) in [5, 5.41) is 2.94. The summed E-state index contributed by atoms with van der Waals surface area (Å²) in [4.78, 5) is 28.8. The van der Waals surface area contributed by atoms with Crippen molar-refractivity contribution in [1.82, 2.24) is 10.2 Å². The molecule has 0 bridgehead atoms. The topological polar surface area (TPSA) is 96.0 Å². The summed E-state index contributed by atoms with van der Waals surface area (Å²) < 4.78 is 34.6. The van der Waals surface area contributed by atoms with Crippen molar-refractivity contribution in [2.45, 2.75) is 64.4 Å². The van der Waals surface area contributed by atoms with Gasteiger partial charge in [0.25, 0.3) is 10.0 Å². The SMILES string of the molecule is CCCCNC(=O)[C@@H](CC)N(Cc1ccccc1)C(=O)CN(c1ccc(C)cc1)S(=O)(=O)c1ccc(OCC)cc1. The molecule has 0 radical (unpaired) electrons. The van der Waals surface area contributed by atoms with E-state index in [2.05, 4.69) is 5.32 Å². The van der Waals surface area contributed by atoms with Gasteiger partial charge in [0.1, 0.15) is 18.3 Å². The van der Waals surface area contributed by atoms with Crippen molar-refractivity contribution >= 4 is 27.5 Å². The minimum absolute atomic E-state index is 0.0355. The molecular weight excluding hydrogens is 538 g/mol. The van der Waals surface area contributed by atoms with E-state index in [0.29, 0.717) is 31.0 Å². The number of nitrogens with zero attached hydrogens (tertiary/aromatic N) is 2. The van der Waals surface area contributed by atoms with Crippen molar-refractivity contribution in [1.29, 1.82) is 0 Å². The number of hydrogen-bond donors (Lipinski definition) is 1. The molecule has 0 saturated heterocycles. The van der Waals surface area contributed by atoms with Gasteiger partial charge < -0.3 is 15.0 Å². The first kappa shape index (κ1) is 31.7. The molecule has 0 aromatic heterocycles. The number of carbonyl (C=O) groups is 2. The van der Waals surface area contributed by atoms with Crippen molar-refractivity contribution in [3.63, 3.8) is 0 Å². The van der Waals surface area contributed by atoms with Crippen molar-refractivity contribution in [2.75, 3.05) is 24.0 Å². The first-order valence-electron chi connectivity index (χ1n) is 14.1. The fraction of sp³-hybridized carbons (Fsp3) is 0.375. The number of amides is 2. The molecule has 0 aliphatic heterocycles. The van der Waals surface area contributed by atoms with Gasteiger partial charge in [-0.3, -0.25) is 13.9 Å². The minimum atomic E-state index is -4.14. The van der Waals surface area contributed by atoms with Crippen LogP contribution in [0.4, 0.5) is 5.69 Å². The predicted molar refractivity (Wildman–Crippen MR) is 162 cm³/mol. The zero-order valence-corrected chi connectivity index (χ0v) is 25.2. The van der Waals surface area contributed by atoms with Gasteiger partial charge in [-0.25, -0.2) is 8.42 Å². The van der Waals surface area contributed by atoms with Crippen LogP contribution in [0.2, 0.25) is 0 Å². The van der Waals surface area contributed by atoms with Crippen LogP contribution in [0.5, 0.6) is 5.75 Å². The summed E-state index contributed by atoms with van der Waals surface area (Å²) in [6.07, 6.45) is 2.14. The maximum atomic E-state index is 14.1. The summed E-state index contributed by atoms with van der Waals surface area (Å²) in [7, 11) is -4.14. The third kappa shape index (κ3) is 8.57. The van der Waals surface area contributed by atoms with Crippen molar-refractivity contribution in [3.05, 3.63) is 90.0 Å². The second-order valence-electron chi connectivity index (χ2n) is 9.83. The van der Waals surface area contributed by atoms with Gasteiger partial charge in [0.05, 0.1) is 17.2 Å². The minimum Gasteiger partial charge on any atom is -0.494 e. The third-order valence-electron chi connectivity index (χ3n) is 6.73. The Labute approximate surface area is 244 Å². The molecule has 220 valence electrons. The molecule has 0 unspecified atom stereocenters. The van der Waals surface area contributed by atoms with Gasteiger partial charge in [0.2, 0.25) is 11.8 Å². The van der Waals surface area contributed by atoms with Gasteiger partial charge in [-0.05, 0) is 68.7 Å². The lowest BCUT2D eigenvalue weighted by Gasteiger charge is -2.33. The monoisotopic (exact) mass is 579 g/mol. The maximum Gasteiger partial charge on any atom is 0.264 e. The van der Waals surface area contributed by atoms with Gasteiger partial charge in [-0.15, -0.1) is 0 Å². The highest BCUT2D eigenvalue weighted by Crippen LogP contribution is 2.26. The quantitative estimate of drug-likeness (QED) is 0.246. The fourth-order valence-corrected chi connectivity index (χ4v) is 5.86. The number of carbonyl (C=O) groups excluding carboxylic acids is 2. The molecule has 0 heterocycles. The third-order valence-corrected chi connectivity index (χ3v) is 8.52. The number of anilines is 1. The van der Waals surface area contributed by atoms with Gasteiger partial charge >= 0.3 is 0 Å². The van der Waals surface area contributed by atoms with E-state index in [-0.39, 0.29) is 17.3 Å². The highest BCUT2D eigenvalue weighted by Gasteiger charge is 2.33. The van der Waals surface area contributed by atoms with E-state index >= 15 is 0 Å². The molecule has 3 aromatic carbocycles. The van der Waals surface area contributed by atoms with Crippen LogP contribution >= 0.6 is 0 Å². The fourth-order valence-electron chi connectivity index (χ4n) is 4.45. The summed E-state index contributed by atoms with van der Waals surface area (Å²) >= 11 is 0. The van der Waals surface area contributed by atoms with Crippen LogP contribution in [-0.2, 0) is 26.2 Å². The molecule has 0 aliphatic carbocycles. The smallest absolute Gasteiger partial charge is 0.264 e. The summed E-state index contributed by atoms with van der Waals surface area (Å²) in [6, 6.07) is 21.8. The van der Waals surface area contributed by atoms with E-state index in [1.165, 1.54) is 17.0 Å². The predicted octanol–water partition coefficient (Wildman–Crippen LogP) is 5.31. The molecule has 0 fully saturated rings. The average Bonchev–Trinajstić information content (AvgIpc) is 2.97. The van der Waals surface area contributed by atoms with Crippen LogP contribution in [0.15, 0.2) is 83.8 Å². The molecule has 0 aliphatic rings. The molecule has 9 heteroatoms. The highest BCUT2D eigenvalue weighted by atomic mass is 32.2. The van der Waals surface area contributed by atoms with Crippen molar-refractivity contribution < 1.29 is 22.7 Å². The lowest BCUT2D eigenvalue weighted by atomic mass is 10.1. The second kappa shape index (κ2) is 15.2. The first-order chi connectivity index (χ1) is 19.7. The average molecular weight is 580 g/mol. The Morgan fingerprint density at radius 2 is 1.56 bits per heavy atom. The number of rotatable bonds is 15. The molecule has 0 spiro atoms. The second-order valence-corrected chi connectivity index (χ2v) is 11.7. The number of ether oxygens (including phenoxy) is 1. The Morgan fingerprint density at radius 1 is 0.902 bits per heavy atom. The number of benzene rings is 3. The summed E-state index contributed by atoms with van der Waals surface area (Å²) in [6.45, 7) is 8.32. The van der Waals surface area contributed by atoms with E-state index in [1.807, 2.05) is 58.0 Å². The summed E-state index contributed by atoms with van der Waals surface area (Å²) in [5.41, 5.74) is 2.16. The van der Waals surface area contributed by atoms with E-state index < -0.39 is 28.5 Å². The molecule has 1 atom stereocenters. The van der Waals surface area contributed by atoms with Crippen molar-refractivity contribution in [2.24, 2.45) is 0 Å². The lowest BCUT2D eigenvalue weighted by Crippen LogP contribution is -2.52. The van der Waals surface area contributed by atoms with Crippen LogP contribution in [0.1, 0.15) is 51.2 Å². The highest BCUT2D eigenvalue weighted by molar-refractivity contribution is 7.92. The van der Waals surface area contributed by atoms with Crippen molar-refractivity contribution in [3.8, 4) is 5.75 Å². The molecule has 3 aromatic rings. The van der Waals surface area contributed by atoms with Gasteiger partial charge in [-0.2, -0.15) is 0 Å². The standard InChI is InChI=1S/C32H41N3O5S/c1-5-8-22-33-32(37)30(6-2)34(23-26-12-10-9-11-13-26)31(36)24-35(27-16-14-25(4)15-17-27)41(38,39)29-20-18-28(19-21-29)40-7-3/h9-21,30H,5-8,22-24H2,1-4H3,(H,33,37)/t30-/m1/s1. The largest absolute Gasteiger partial charge is 0.494 e. The Kier molecular flexibility index (Phi) is 11.8. The molecule has 41 heavy (non-hydrogen) atoms. The van der Waals surface area contributed by atoms with Crippen LogP contribution in [-0.4, -0.2) is 50.9 Å². The zero-order chi connectivity index (χ0) is 29.8.